The van der Waals surface area contributed by atoms with Gasteiger partial charge in [-0.15, -0.1) is 0 Å². The van der Waals surface area contributed by atoms with Crippen LogP contribution in [0.15, 0.2) is 96.0 Å². The number of fused-ring (bicyclic) bond motifs is 2. The zero-order chi connectivity index (χ0) is 23.5. The summed E-state index contributed by atoms with van der Waals surface area (Å²) in [4.78, 5) is 19.9. The molecule has 172 valence electrons. The van der Waals surface area contributed by atoms with Crippen molar-refractivity contribution in [3.8, 4) is 0 Å². The fourth-order valence-electron chi connectivity index (χ4n) is 4.52. The SMILES string of the molecule is O=C(C(Cc1ccccc1)NS(=O)(=O)c1cccc2cccnc12)N1CCCc2ccccc21. The molecule has 0 aliphatic carbocycles. The van der Waals surface area contributed by atoms with Crippen molar-refractivity contribution in [3.05, 3.63) is 102 Å². The van der Waals surface area contributed by atoms with E-state index in [0.29, 0.717) is 12.1 Å². The fourth-order valence-corrected chi connectivity index (χ4v) is 5.89. The average molecular weight is 472 g/mol. The van der Waals surface area contributed by atoms with Crippen molar-refractivity contribution in [1.82, 2.24) is 9.71 Å². The average Bonchev–Trinajstić information content (AvgIpc) is 2.87. The first-order valence-corrected chi connectivity index (χ1v) is 12.8. The van der Waals surface area contributed by atoms with Crippen molar-refractivity contribution >= 4 is 32.5 Å². The highest BCUT2D eigenvalue weighted by Crippen LogP contribution is 2.28. The maximum atomic E-state index is 13.8. The number of anilines is 1. The zero-order valence-corrected chi connectivity index (χ0v) is 19.4. The Morgan fingerprint density at radius 1 is 0.941 bits per heavy atom. The Hall–Kier alpha value is -3.55. The molecule has 2 heterocycles. The smallest absolute Gasteiger partial charge is 0.245 e. The van der Waals surface area contributed by atoms with Crippen LogP contribution in [0.25, 0.3) is 10.9 Å². The molecule has 5 rings (SSSR count). The Labute approximate surface area is 199 Å². The van der Waals surface area contributed by atoms with E-state index in [1.54, 1.807) is 23.2 Å². The maximum absolute atomic E-state index is 13.8. The first-order chi connectivity index (χ1) is 16.5. The Kier molecular flexibility index (Phi) is 6.13. The highest BCUT2D eigenvalue weighted by molar-refractivity contribution is 7.89. The van der Waals surface area contributed by atoms with E-state index in [1.165, 1.54) is 6.07 Å². The van der Waals surface area contributed by atoms with Gasteiger partial charge in [-0.05, 0) is 48.6 Å². The molecule has 0 saturated heterocycles. The minimum atomic E-state index is -4.03. The molecule has 0 bridgehead atoms. The number of carbonyl (C=O) groups is 1. The van der Waals surface area contributed by atoms with Gasteiger partial charge in [-0.1, -0.05) is 66.7 Å². The normalized spacial score (nSPS) is 14.5. The summed E-state index contributed by atoms with van der Waals surface area (Å²) in [5.41, 5.74) is 3.21. The molecule has 34 heavy (non-hydrogen) atoms. The lowest BCUT2D eigenvalue weighted by Crippen LogP contribution is -2.51. The summed E-state index contributed by atoms with van der Waals surface area (Å²) >= 11 is 0. The van der Waals surface area contributed by atoms with Gasteiger partial charge in [-0.25, -0.2) is 8.42 Å². The quantitative estimate of drug-likeness (QED) is 0.459. The summed E-state index contributed by atoms with van der Waals surface area (Å²) in [5.74, 6) is -0.257. The number of aryl methyl sites for hydroxylation is 1. The van der Waals surface area contributed by atoms with Gasteiger partial charge in [0, 0.05) is 23.8 Å². The van der Waals surface area contributed by atoms with Crippen molar-refractivity contribution < 1.29 is 13.2 Å². The number of sulfonamides is 1. The van der Waals surface area contributed by atoms with Crippen LogP contribution < -0.4 is 9.62 Å². The van der Waals surface area contributed by atoms with Gasteiger partial charge in [0.2, 0.25) is 15.9 Å². The first-order valence-electron chi connectivity index (χ1n) is 11.3. The van der Waals surface area contributed by atoms with Gasteiger partial charge in [-0.2, -0.15) is 4.72 Å². The highest BCUT2D eigenvalue weighted by Gasteiger charge is 2.33. The lowest BCUT2D eigenvalue weighted by atomic mass is 9.99. The Balaban J connectivity index is 1.52. The number of nitrogens with one attached hydrogen (secondary N) is 1. The van der Waals surface area contributed by atoms with Gasteiger partial charge in [-0.3, -0.25) is 9.78 Å². The molecule has 1 aliphatic heterocycles. The second kappa shape index (κ2) is 9.37. The highest BCUT2D eigenvalue weighted by atomic mass is 32.2. The van der Waals surface area contributed by atoms with Crippen molar-refractivity contribution in [3.63, 3.8) is 0 Å². The summed E-state index contributed by atoms with van der Waals surface area (Å²) in [6.45, 7) is 0.554. The predicted molar refractivity (Wildman–Crippen MR) is 133 cm³/mol. The molecule has 0 fully saturated rings. The largest absolute Gasteiger partial charge is 0.311 e. The summed E-state index contributed by atoms with van der Waals surface area (Å²) in [6.07, 6.45) is 3.55. The van der Waals surface area contributed by atoms with Gasteiger partial charge in [0.25, 0.3) is 0 Å². The topological polar surface area (TPSA) is 79.4 Å². The molecule has 1 N–H and O–H groups in total. The molecule has 1 aliphatic rings. The van der Waals surface area contributed by atoms with E-state index in [4.69, 9.17) is 0 Å². The van der Waals surface area contributed by atoms with Crippen LogP contribution in [0.3, 0.4) is 0 Å². The van der Waals surface area contributed by atoms with E-state index in [2.05, 4.69) is 9.71 Å². The Morgan fingerprint density at radius 3 is 2.56 bits per heavy atom. The van der Waals surface area contributed by atoms with Gasteiger partial charge in [0.15, 0.2) is 0 Å². The van der Waals surface area contributed by atoms with E-state index in [9.17, 15) is 13.2 Å². The molecule has 3 aromatic carbocycles. The monoisotopic (exact) mass is 471 g/mol. The number of para-hydroxylation sites is 2. The Bertz CT molecular complexity index is 1430. The van der Waals surface area contributed by atoms with Crippen molar-refractivity contribution in [2.45, 2.75) is 30.2 Å². The second-order valence-electron chi connectivity index (χ2n) is 8.42. The standard InChI is InChI=1S/C27H25N3O3S/c31-27(30-18-8-14-21-11-4-5-15-24(21)30)23(19-20-9-2-1-3-10-20)29-34(32,33)25-16-6-12-22-13-7-17-28-26(22)25/h1-7,9-13,15-17,23,29H,8,14,18-19H2. The van der Waals surface area contributed by atoms with E-state index in [1.807, 2.05) is 66.7 Å². The van der Waals surface area contributed by atoms with E-state index in [0.717, 1.165) is 35.0 Å². The summed E-state index contributed by atoms with van der Waals surface area (Å²) in [5, 5.41) is 0.723. The van der Waals surface area contributed by atoms with Crippen LogP contribution >= 0.6 is 0 Å². The number of carbonyl (C=O) groups excluding carboxylic acids is 1. The maximum Gasteiger partial charge on any atom is 0.245 e. The number of hydrogen-bond donors (Lipinski definition) is 1. The number of amides is 1. The zero-order valence-electron chi connectivity index (χ0n) is 18.6. The number of pyridine rings is 1. The van der Waals surface area contributed by atoms with E-state index >= 15 is 0 Å². The third-order valence-electron chi connectivity index (χ3n) is 6.14. The molecule has 0 spiro atoms. The van der Waals surface area contributed by atoms with Crippen LogP contribution in [0.2, 0.25) is 0 Å². The molecule has 1 aromatic heterocycles. The third kappa shape index (κ3) is 4.44. The molecule has 7 heteroatoms. The molecule has 0 radical (unpaired) electrons. The Morgan fingerprint density at radius 2 is 1.71 bits per heavy atom. The second-order valence-corrected chi connectivity index (χ2v) is 10.1. The molecule has 6 nitrogen and oxygen atoms in total. The molecule has 1 amide bonds. The molecule has 0 saturated carbocycles. The molecule has 1 atom stereocenters. The van der Waals surface area contributed by atoms with Crippen LogP contribution in [0.5, 0.6) is 0 Å². The van der Waals surface area contributed by atoms with E-state index < -0.39 is 16.1 Å². The van der Waals surface area contributed by atoms with Crippen molar-refractivity contribution in [2.75, 3.05) is 11.4 Å². The lowest BCUT2D eigenvalue weighted by molar-refractivity contribution is -0.120. The number of nitrogens with zero attached hydrogens (tertiary/aromatic N) is 2. The number of benzene rings is 3. The van der Waals surface area contributed by atoms with Crippen molar-refractivity contribution in [1.29, 1.82) is 0 Å². The predicted octanol–water partition coefficient (Wildman–Crippen LogP) is 4.10. The van der Waals surface area contributed by atoms with Crippen LogP contribution in [-0.2, 0) is 27.7 Å². The van der Waals surface area contributed by atoms with Crippen LogP contribution in [0.1, 0.15) is 17.5 Å². The summed E-state index contributed by atoms with van der Waals surface area (Å²) in [7, 11) is -4.03. The number of rotatable bonds is 6. The molecular weight excluding hydrogens is 446 g/mol. The lowest BCUT2D eigenvalue weighted by Gasteiger charge is -2.32. The molecule has 4 aromatic rings. The van der Waals surface area contributed by atoms with E-state index in [-0.39, 0.29) is 17.2 Å². The van der Waals surface area contributed by atoms with Crippen LogP contribution in [0.4, 0.5) is 5.69 Å². The fraction of sp³-hybridized carbons (Fsp3) is 0.185. The van der Waals surface area contributed by atoms with Gasteiger partial charge < -0.3 is 4.90 Å². The van der Waals surface area contributed by atoms with Gasteiger partial charge >= 0.3 is 0 Å². The minimum Gasteiger partial charge on any atom is -0.311 e. The first kappa shape index (κ1) is 22.3. The van der Waals surface area contributed by atoms with Crippen LogP contribution in [0, 0.1) is 0 Å². The van der Waals surface area contributed by atoms with Gasteiger partial charge in [0.05, 0.1) is 5.52 Å². The summed E-state index contributed by atoms with van der Waals surface area (Å²) < 4.78 is 29.8. The number of hydrogen-bond acceptors (Lipinski definition) is 4. The molecular formula is C27H25N3O3S. The molecule has 1 unspecified atom stereocenters. The minimum absolute atomic E-state index is 0.0653. The van der Waals surface area contributed by atoms with Crippen LogP contribution in [-0.4, -0.2) is 31.9 Å². The summed E-state index contributed by atoms with van der Waals surface area (Å²) in [6, 6.07) is 24.9. The number of aromatic nitrogens is 1. The van der Waals surface area contributed by atoms with Crippen molar-refractivity contribution in [2.24, 2.45) is 0 Å². The third-order valence-corrected chi connectivity index (χ3v) is 7.64. The van der Waals surface area contributed by atoms with Gasteiger partial charge in [0.1, 0.15) is 10.9 Å².